The van der Waals surface area contributed by atoms with Crippen LogP contribution in [0.25, 0.3) is 0 Å². The molecule has 0 fully saturated rings. The second-order valence-electron chi connectivity index (χ2n) is 6.48. The van der Waals surface area contributed by atoms with E-state index in [9.17, 15) is 5.11 Å². The summed E-state index contributed by atoms with van der Waals surface area (Å²) >= 11 is 0. The fourth-order valence-corrected chi connectivity index (χ4v) is 2.46. The zero-order chi connectivity index (χ0) is 17.2. The summed E-state index contributed by atoms with van der Waals surface area (Å²) in [6.07, 6.45) is 1.45. The van der Waals surface area contributed by atoms with Gasteiger partial charge >= 0.3 is 0 Å². The van der Waals surface area contributed by atoms with Gasteiger partial charge in [-0.1, -0.05) is 13.8 Å². The number of rotatable bonds is 10. The third-order valence-corrected chi connectivity index (χ3v) is 4.18. The molecule has 0 amide bonds. The van der Waals surface area contributed by atoms with Crippen molar-refractivity contribution in [1.29, 1.82) is 0 Å². The molecule has 5 heteroatoms. The van der Waals surface area contributed by atoms with E-state index in [0.29, 0.717) is 18.6 Å². The molecule has 3 N–H and O–H groups in total. The molecule has 0 aliphatic rings. The van der Waals surface area contributed by atoms with Gasteiger partial charge in [-0.05, 0) is 47.5 Å². The number of hydrogen-bond donors (Lipinski definition) is 3. The molecule has 0 aliphatic carbocycles. The van der Waals surface area contributed by atoms with Gasteiger partial charge in [-0.25, -0.2) is 0 Å². The molecule has 132 valence electrons. The highest BCUT2D eigenvalue weighted by Gasteiger charge is 2.21. The van der Waals surface area contributed by atoms with Crippen LogP contribution in [0.4, 0.5) is 0 Å². The Morgan fingerprint density at radius 2 is 1.59 bits per heavy atom. The van der Waals surface area contributed by atoms with Gasteiger partial charge in [0.25, 0.3) is 0 Å². The van der Waals surface area contributed by atoms with Crippen LogP contribution in [0, 0.1) is 0 Å². The molecule has 0 bridgehead atoms. The number of nitrogens with zero attached hydrogens (tertiary/aromatic N) is 2. The average Bonchev–Trinajstić information content (AvgIpc) is 2.47. The smallest absolute Gasteiger partial charge is 0.191 e. The van der Waals surface area contributed by atoms with Crippen LogP contribution in [0.2, 0.25) is 0 Å². The monoisotopic (exact) mass is 314 g/mol. The molecule has 0 aromatic heterocycles. The van der Waals surface area contributed by atoms with E-state index >= 15 is 0 Å². The third kappa shape index (κ3) is 7.99. The molecular weight excluding hydrogens is 276 g/mol. The SMILES string of the molecule is CCNC(=NCC(O)(CC)CC)NCCN(C(C)C)C(C)C. The molecule has 0 aromatic carbocycles. The van der Waals surface area contributed by atoms with Crippen LogP contribution in [0.1, 0.15) is 61.3 Å². The van der Waals surface area contributed by atoms with Crippen LogP contribution >= 0.6 is 0 Å². The Morgan fingerprint density at radius 3 is 2.00 bits per heavy atom. The van der Waals surface area contributed by atoms with Gasteiger partial charge in [-0.3, -0.25) is 9.89 Å². The molecule has 0 saturated heterocycles. The summed E-state index contributed by atoms with van der Waals surface area (Å²) in [4.78, 5) is 6.99. The second kappa shape index (κ2) is 10.8. The van der Waals surface area contributed by atoms with Gasteiger partial charge in [0.15, 0.2) is 5.96 Å². The lowest BCUT2D eigenvalue weighted by atomic mass is 9.98. The number of aliphatic hydroxyl groups is 1. The van der Waals surface area contributed by atoms with Crippen LogP contribution in [0.3, 0.4) is 0 Å². The fraction of sp³-hybridized carbons (Fsp3) is 0.941. The van der Waals surface area contributed by atoms with Crippen LogP contribution in [0.5, 0.6) is 0 Å². The number of hydrogen-bond acceptors (Lipinski definition) is 3. The van der Waals surface area contributed by atoms with Gasteiger partial charge in [0.2, 0.25) is 0 Å². The normalized spacial score (nSPS) is 13.3. The summed E-state index contributed by atoms with van der Waals surface area (Å²) in [6, 6.07) is 1.07. The molecule has 0 rings (SSSR count). The molecule has 22 heavy (non-hydrogen) atoms. The number of guanidine groups is 1. The first-order chi connectivity index (χ1) is 10.3. The first-order valence-electron chi connectivity index (χ1n) is 8.79. The van der Waals surface area contributed by atoms with Gasteiger partial charge in [0, 0.05) is 31.7 Å². The molecule has 0 unspecified atom stereocenters. The van der Waals surface area contributed by atoms with Gasteiger partial charge in [0.05, 0.1) is 12.1 Å². The summed E-state index contributed by atoms with van der Waals surface area (Å²) in [7, 11) is 0. The zero-order valence-corrected chi connectivity index (χ0v) is 15.7. The minimum Gasteiger partial charge on any atom is -0.388 e. The maximum absolute atomic E-state index is 10.3. The van der Waals surface area contributed by atoms with Crippen LogP contribution < -0.4 is 10.6 Å². The van der Waals surface area contributed by atoms with E-state index in [0.717, 1.165) is 38.4 Å². The lowest BCUT2D eigenvalue weighted by Crippen LogP contribution is -2.46. The van der Waals surface area contributed by atoms with E-state index in [1.165, 1.54) is 0 Å². The molecule has 5 nitrogen and oxygen atoms in total. The highest BCUT2D eigenvalue weighted by Crippen LogP contribution is 2.14. The predicted octanol–water partition coefficient (Wildman–Crippen LogP) is 2.21. The third-order valence-electron chi connectivity index (χ3n) is 4.18. The average molecular weight is 315 g/mol. The molecule has 0 aromatic rings. The van der Waals surface area contributed by atoms with E-state index in [1.54, 1.807) is 0 Å². The summed E-state index contributed by atoms with van der Waals surface area (Å²) in [5.74, 6) is 0.787. The van der Waals surface area contributed by atoms with Crippen molar-refractivity contribution >= 4 is 5.96 Å². The largest absolute Gasteiger partial charge is 0.388 e. The topological polar surface area (TPSA) is 59.9 Å². The second-order valence-corrected chi connectivity index (χ2v) is 6.48. The van der Waals surface area contributed by atoms with Crippen molar-refractivity contribution in [3.8, 4) is 0 Å². The van der Waals surface area contributed by atoms with E-state index in [-0.39, 0.29) is 0 Å². The van der Waals surface area contributed by atoms with Gasteiger partial charge in [-0.15, -0.1) is 0 Å². The molecule has 0 atom stereocenters. The minimum atomic E-state index is -0.690. The van der Waals surface area contributed by atoms with Gasteiger partial charge in [-0.2, -0.15) is 0 Å². The highest BCUT2D eigenvalue weighted by molar-refractivity contribution is 5.79. The summed E-state index contributed by atoms with van der Waals surface area (Å²) in [5, 5.41) is 16.9. The molecule has 0 aliphatic heterocycles. The maximum atomic E-state index is 10.3. The fourth-order valence-electron chi connectivity index (χ4n) is 2.46. The number of aliphatic imine (C=N–C) groups is 1. The van der Waals surface area contributed by atoms with E-state index in [1.807, 2.05) is 13.8 Å². The highest BCUT2D eigenvalue weighted by atomic mass is 16.3. The van der Waals surface area contributed by atoms with E-state index < -0.39 is 5.60 Å². The van der Waals surface area contributed by atoms with Crippen molar-refractivity contribution in [2.75, 3.05) is 26.2 Å². The Labute approximate surface area is 137 Å². The molecule has 0 saturated carbocycles. The lowest BCUT2D eigenvalue weighted by molar-refractivity contribution is 0.0418. The Morgan fingerprint density at radius 1 is 1.05 bits per heavy atom. The van der Waals surface area contributed by atoms with Crippen molar-refractivity contribution in [3.63, 3.8) is 0 Å². The lowest BCUT2D eigenvalue weighted by Gasteiger charge is -2.30. The Balaban J connectivity index is 4.52. The van der Waals surface area contributed by atoms with Crippen molar-refractivity contribution in [2.24, 2.45) is 4.99 Å². The van der Waals surface area contributed by atoms with Gasteiger partial charge < -0.3 is 15.7 Å². The van der Waals surface area contributed by atoms with Crippen molar-refractivity contribution in [3.05, 3.63) is 0 Å². The van der Waals surface area contributed by atoms with E-state index in [2.05, 4.69) is 55.1 Å². The summed E-state index contributed by atoms with van der Waals surface area (Å²) in [6.45, 7) is 18.0. The quantitative estimate of drug-likeness (QED) is 0.427. The summed E-state index contributed by atoms with van der Waals surface area (Å²) in [5.41, 5.74) is -0.690. The molecule has 0 radical (unpaired) electrons. The molecule has 0 spiro atoms. The Hall–Kier alpha value is -0.810. The molecular formula is C17H38N4O. The Kier molecular flexibility index (Phi) is 10.4. The molecule has 0 heterocycles. The first kappa shape index (κ1) is 21.2. The first-order valence-corrected chi connectivity index (χ1v) is 8.79. The Bertz CT molecular complexity index is 304. The van der Waals surface area contributed by atoms with Crippen molar-refractivity contribution in [1.82, 2.24) is 15.5 Å². The maximum Gasteiger partial charge on any atom is 0.191 e. The number of nitrogens with one attached hydrogen (secondary N) is 2. The van der Waals surface area contributed by atoms with Crippen LogP contribution in [0.15, 0.2) is 4.99 Å². The standard InChI is InChI=1S/C17H38N4O/c1-8-17(22,9-2)13-20-16(18-10-3)19-11-12-21(14(4)5)15(6)7/h14-15,22H,8-13H2,1-7H3,(H2,18,19,20). The van der Waals surface area contributed by atoms with Crippen molar-refractivity contribution < 1.29 is 5.11 Å². The predicted molar refractivity (Wildman–Crippen MR) is 96.5 cm³/mol. The van der Waals surface area contributed by atoms with Crippen molar-refractivity contribution in [2.45, 2.75) is 79.0 Å². The zero-order valence-electron chi connectivity index (χ0n) is 15.7. The summed E-state index contributed by atoms with van der Waals surface area (Å²) < 4.78 is 0. The van der Waals surface area contributed by atoms with Crippen LogP contribution in [-0.4, -0.2) is 59.8 Å². The van der Waals surface area contributed by atoms with Gasteiger partial charge in [0.1, 0.15) is 0 Å². The van der Waals surface area contributed by atoms with Crippen LogP contribution in [-0.2, 0) is 0 Å². The van der Waals surface area contributed by atoms with E-state index in [4.69, 9.17) is 0 Å². The minimum absolute atomic E-state index is 0.438.